The molecule has 1 aromatic rings. The number of nitrogens with zero attached hydrogens (tertiary/aromatic N) is 2. The van der Waals surface area contributed by atoms with Crippen LogP contribution >= 0.6 is 0 Å². The molecule has 0 spiro atoms. The first-order chi connectivity index (χ1) is 8.20. The number of nitrogens with one attached hydrogen (secondary N) is 1. The summed E-state index contributed by atoms with van der Waals surface area (Å²) in [6, 6.07) is 0. The predicted molar refractivity (Wildman–Crippen MR) is 63.6 cm³/mol. The standard InChI is InChI=1S/C12H21N3O2/c1-8(2)11(16-3)12-14-10(17-15-12)6-9-4-5-13-7-9/h8-9,11,13H,4-7H2,1-3H3. The van der Waals surface area contributed by atoms with E-state index >= 15 is 0 Å². The van der Waals surface area contributed by atoms with Gasteiger partial charge in [0.05, 0.1) is 0 Å². The maximum absolute atomic E-state index is 5.38. The largest absolute Gasteiger partial charge is 0.373 e. The van der Waals surface area contributed by atoms with Crippen molar-refractivity contribution in [3.05, 3.63) is 11.7 Å². The van der Waals surface area contributed by atoms with Gasteiger partial charge in [0.15, 0.2) is 0 Å². The number of hydrogen-bond acceptors (Lipinski definition) is 5. The summed E-state index contributed by atoms with van der Waals surface area (Å²) < 4.78 is 10.7. The van der Waals surface area contributed by atoms with Crippen LogP contribution in [0, 0.1) is 11.8 Å². The van der Waals surface area contributed by atoms with Gasteiger partial charge in [0.2, 0.25) is 11.7 Å². The first-order valence-corrected chi connectivity index (χ1v) is 6.26. The lowest BCUT2D eigenvalue weighted by atomic mass is 10.1. The van der Waals surface area contributed by atoms with Crippen LogP contribution in [0.25, 0.3) is 0 Å². The Morgan fingerprint density at radius 2 is 2.35 bits per heavy atom. The van der Waals surface area contributed by atoms with Crippen molar-refractivity contribution in [1.29, 1.82) is 0 Å². The summed E-state index contributed by atoms with van der Waals surface area (Å²) in [7, 11) is 1.68. The highest BCUT2D eigenvalue weighted by Crippen LogP contribution is 2.23. The van der Waals surface area contributed by atoms with Crippen molar-refractivity contribution in [2.24, 2.45) is 11.8 Å². The van der Waals surface area contributed by atoms with Crippen LogP contribution in [0.5, 0.6) is 0 Å². The van der Waals surface area contributed by atoms with Crippen LogP contribution in [-0.2, 0) is 11.2 Å². The molecular formula is C12H21N3O2. The summed E-state index contributed by atoms with van der Waals surface area (Å²) in [5.74, 6) is 2.38. The number of methoxy groups -OCH3 is 1. The third kappa shape index (κ3) is 3.04. The first kappa shape index (κ1) is 12.5. The average Bonchev–Trinajstić information content (AvgIpc) is 2.91. The number of rotatable bonds is 5. The molecule has 0 bridgehead atoms. The lowest BCUT2D eigenvalue weighted by molar-refractivity contribution is 0.0555. The minimum Gasteiger partial charge on any atom is -0.373 e. The molecule has 17 heavy (non-hydrogen) atoms. The fourth-order valence-corrected chi connectivity index (χ4v) is 2.28. The Kier molecular flexibility index (Phi) is 4.12. The van der Waals surface area contributed by atoms with Crippen LogP contribution in [0.1, 0.15) is 38.1 Å². The summed E-state index contributed by atoms with van der Waals surface area (Å²) in [4.78, 5) is 4.44. The molecular weight excluding hydrogens is 218 g/mol. The molecule has 5 heteroatoms. The molecule has 1 aliphatic heterocycles. The SMILES string of the molecule is COC(c1noc(CC2CCNC2)n1)C(C)C. The highest BCUT2D eigenvalue weighted by atomic mass is 16.5. The van der Waals surface area contributed by atoms with E-state index in [9.17, 15) is 0 Å². The van der Waals surface area contributed by atoms with E-state index in [1.54, 1.807) is 7.11 Å². The van der Waals surface area contributed by atoms with Crippen molar-refractivity contribution >= 4 is 0 Å². The molecule has 0 aliphatic carbocycles. The Balaban J connectivity index is 1.99. The molecule has 1 N–H and O–H groups in total. The average molecular weight is 239 g/mol. The molecule has 1 aromatic heterocycles. The summed E-state index contributed by atoms with van der Waals surface area (Å²) in [6.07, 6.45) is 1.98. The van der Waals surface area contributed by atoms with Crippen molar-refractivity contribution in [3.63, 3.8) is 0 Å². The molecule has 0 aromatic carbocycles. The van der Waals surface area contributed by atoms with Crippen molar-refractivity contribution < 1.29 is 9.26 Å². The van der Waals surface area contributed by atoms with Crippen LogP contribution in [0.15, 0.2) is 4.52 Å². The Bertz CT molecular complexity index is 345. The van der Waals surface area contributed by atoms with Gasteiger partial charge in [0.1, 0.15) is 6.10 Å². The van der Waals surface area contributed by atoms with Gasteiger partial charge in [0, 0.05) is 13.5 Å². The van der Waals surface area contributed by atoms with Crippen LogP contribution in [0.2, 0.25) is 0 Å². The van der Waals surface area contributed by atoms with Crippen molar-refractivity contribution in [2.45, 2.75) is 32.8 Å². The number of aromatic nitrogens is 2. The van der Waals surface area contributed by atoms with Crippen LogP contribution in [-0.4, -0.2) is 30.3 Å². The van der Waals surface area contributed by atoms with Gasteiger partial charge in [-0.2, -0.15) is 4.98 Å². The molecule has 96 valence electrons. The molecule has 2 rings (SSSR count). The second-order valence-corrected chi connectivity index (χ2v) is 5.01. The van der Waals surface area contributed by atoms with E-state index in [1.165, 1.54) is 6.42 Å². The van der Waals surface area contributed by atoms with Crippen LogP contribution in [0.4, 0.5) is 0 Å². The lowest BCUT2D eigenvalue weighted by Gasteiger charge is -2.14. The number of hydrogen-bond donors (Lipinski definition) is 1. The zero-order chi connectivity index (χ0) is 12.3. The van der Waals surface area contributed by atoms with Gasteiger partial charge in [-0.25, -0.2) is 0 Å². The third-order valence-corrected chi connectivity index (χ3v) is 3.22. The van der Waals surface area contributed by atoms with Crippen LogP contribution < -0.4 is 5.32 Å². The molecule has 1 aliphatic rings. The summed E-state index contributed by atoms with van der Waals surface area (Å²) in [6.45, 7) is 6.32. The molecule has 1 saturated heterocycles. The van der Waals surface area contributed by atoms with E-state index in [1.807, 2.05) is 0 Å². The monoisotopic (exact) mass is 239 g/mol. The first-order valence-electron chi connectivity index (χ1n) is 6.26. The lowest BCUT2D eigenvalue weighted by Crippen LogP contribution is -2.12. The summed E-state index contributed by atoms with van der Waals surface area (Å²) in [5.41, 5.74) is 0. The van der Waals surface area contributed by atoms with Crippen molar-refractivity contribution in [3.8, 4) is 0 Å². The van der Waals surface area contributed by atoms with Crippen LogP contribution in [0.3, 0.4) is 0 Å². The van der Waals surface area contributed by atoms with E-state index in [2.05, 4.69) is 29.3 Å². The van der Waals surface area contributed by atoms with Gasteiger partial charge < -0.3 is 14.6 Å². The second-order valence-electron chi connectivity index (χ2n) is 5.01. The van der Waals surface area contributed by atoms with Gasteiger partial charge in [-0.3, -0.25) is 0 Å². The molecule has 0 amide bonds. The molecule has 5 nitrogen and oxygen atoms in total. The van der Waals surface area contributed by atoms with E-state index in [0.29, 0.717) is 17.7 Å². The van der Waals surface area contributed by atoms with E-state index in [-0.39, 0.29) is 6.10 Å². The maximum Gasteiger partial charge on any atom is 0.227 e. The highest BCUT2D eigenvalue weighted by Gasteiger charge is 2.23. The molecule has 2 unspecified atom stereocenters. The van der Waals surface area contributed by atoms with E-state index in [4.69, 9.17) is 9.26 Å². The number of ether oxygens (including phenoxy) is 1. The molecule has 2 heterocycles. The third-order valence-electron chi connectivity index (χ3n) is 3.22. The van der Waals surface area contributed by atoms with Gasteiger partial charge in [-0.15, -0.1) is 0 Å². The predicted octanol–water partition coefficient (Wildman–Crippen LogP) is 1.57. The smallest absolute Gasteiger partial charge is 0.227 e. The Labute approximate surface area is 102 Å². The normalized spacial score (nSPS) is 22.2. The summed E-state index contributed by atoms with van der Waals surface area (Å²) in [5, 5.41) is 7.36. The van der Waals surface area contributed by atoms with Crippen molar-refractivity contribution in [1.82, 2.24) is 15.5 Å². The van der Waals surface area contributed by atoms with Crippen molar-refractivity contribution in [2.75, 3.05) is 20.2 Å². The van der Waals surface area contributed by atoms with Gasteiger partial charge in [0.25, 0.3) is 0 Å². The maximum atomic E-state index is 5.38. The highest BCUT2D eigenvalue weighted by molar-refractivity contribution is 4.94. The zero-order valence-electron chi connectivity index (χ0n) is 10.8. The Morgan fingerprint density at radius 1 is 1.53 bits per heavy atom. The van der Waals surface area contributed by atoms with Gasteiger partial charge in [-0.05, 0) is 31.3 Å². The minimum absolute atomic E-state index is 0.0748. The quantitative estimate of drug-likeness (QED) is 0.845. The van der Waals surface area contributed by atoms with E-state index in [0.717, 1.165) is 25.4 Å². The second kappa shape index (κ2) is 5.60. The minimum atomic E-state index is -0.0748. The van der Waals surface area contributed by atoms with Gasteiger partial charge in [-0.1, -0.05) is 19.0 Å². The summed E-state index contributed by atoms with van der Waals surface area (Å²) >= 11 is 0. The fraction of sp³-hybridized carbons (Fsp3) is 0.833. The molecule has 2 atom stereocenters. The zero-order valence-corrected chi connectivity index (χ0v) is 10.8. The molecule has 0 saturated carbocycles. The fourth-order valence-electron chi connectivity index (χ4n) is 2.28. The molecule has 0 radical (unpaired) electrons. The molecule has 1 fully saturated rings. The Hall–Kier alpha value is -0.940. The Morgan fingerprint density at radius 3 is 2.94 bits per heavy atom. The van der Waals surface area contributed by atoms with E-state index < -0.39 is 0 Å². The topological polar surface area (TPSA) is 60.2 Å². The van der Waals surface area contributed by atoms with Gasteiger partial charge >= 0.3 is 0 Å².